The number of nitrogens with zero attached hydrogens (tertiary/aromatic N) is 1. The fraction of sp³-hybridized carbons (Fsp3) is 0.0714. The number of aromatic nitrogens is 1. The first-order valence-electron chi connectivity index (χ1n) is 5.57. The zero-order valence-corrected chi connectivity index (χ0v) is 9.77. The van der Waals surface area contributed by atoms with E-state index in [-0.39, 0.29) is 11.7 Å². The lowest BCUT2D eigenvalue weighted by molar-refractivity contribution is 0.592. The first kappa shape index (κ1) is 10.8. The Balaban J connectivity index is 2.26. The Morgan fingerprint density at radius 3 is 2.78 bits per heavy atom. The second-order valence-corrected chi connectivity index (χ2v) is 4.18. The van der Waals surface area contributed by atoms with Gasteiger partial charge in [0, 0.05) is 5.69 Å². The van der Waals surface area contributed by atoms with Gasteiger partial charge in [-0.15, -0.1) is 0 Å². The molecule has 90 valence electrons. The van der Waals surface area contributed by atoms with Crippen LogP contribution in [0.4, 0.5) is 10.1 Å². The number of rotatable bonds is 1. The largest absolute Gasteiger partial charge is 0.436 e. The third-order valence-electron chi connectivity index (χ3n) is 2.80. The van der Waals surface area contributed by atoms with E-state index >= 15 is 0 Å². The van der Waals surface area contributed by atoms with Crippen LogP contribution in [0, 0.1) is 12.7 Å². The number of fused-ring (bicyclic) bond motifs is 1. The predicted octanol–water partition coefficient (Wildman–Crippen LogP) is 3.52. The highest BCUT2D eigenvalue weighted by molar-refractivity contribution is 5.82. The van der Waals surface area contributed by atoms with E-state index in [4.69, 9.17) is 10.2 Å². The molecule has 0 aliphatic rings. The lowest BCUT2D eigenvalue weighted by Gasteiger charge is -1.96. The van der Waals surface area contributed by atoms with Gasteiger partial charge >= 0.3 is 0 Å². The molecule has 0 aliphatic heterocycles. The van der Waals surface area contributed by atoms with Crippen molar-refractivity contribution in [3.63, 3.8) is 0 Å². The molecular formula is C14H11FN2O. The molecule has 0 spiro atoms. The number of nitrogen functional groups attached to an aromatic ring is 1. The standard InChI is InChI=1S/C14H11FN2O/c1-8-6-9(16)7-12-13(8)18-14(17-12)10-4-2-3-5-11(10)15/h2-7H,16H2,1H3. The molecule has 18 heavy (non-hydrogen) atoms. The van der Waals surface area contributed by atoms with Crippen molar-refractivity contribution in [3.8, 4) is 11.5 Å². The summed E-state index contributed by atoms with van der Waals surface area (Å²) in [5, 5.41) is 0. The summed E-state index contributed by atoms with van der Waals surface area (Å²) in [5.41, 5.74) is 8.89. The summed E-state index contributed by atoms with van der Waals surface area (Å²) < 4.78 is 19.3. The van der Waals surface area contributed by atoms with E-state index < -0.39 is 0 Å². The number of oxazole rings is 1. The number of halogens is 1. The molecule has 0 fully saturated rings. The zero-order valence-electron chi connectivity index (χ0n) is 9.77. The second-order valence-electron chi connectivity index (χ2n) is 4.18. The van der Waals surface area contributed by atoms with Crippen molar-refractivity contribution < 1.29 is 8.81 Å². The summed E-state index contributed by atoms with van der Waals surface area (Å²) in [5.74, 6) is -0.0773. The van der Waals surface area contributed by atoms with Crippen LogP contribution >= 0.6 is 0 Å². The van der Waals surface area contributed by atoms with Crippen molar-refractivity contribution in [3.05, 3.63) is 47.8 Å². The van der Waals surface area contributed by atoms with E-state index in [2.05, 4.69) is 4.98 Å². The average Bonchev–Trinajstić information content (AvgIpc) is 2.73. The minimum atomic E-state index is -0.352. The topological polar surface area (TPSA) is 52.0 Å². The highest BCUT2D eigenvalue weighted by atomic mass is 19.1. The van der Waals surface area contributed by atoms with Crippen LogP contribution in [-0.2, 0) is 0 Å². The summed E-state index contributed by atoms with van der Waals surface area (Å²) in [7, 11) is 0. The van der Waals surface area contributed by atoms with Gasteiger partial charge in [0.25, 0.3) is 0 Å². The maximum atomic E-state index is 13.7. The number of benzene rings is 2. The molecule has 3 aromatic rings. The SMILES string of the molecule is Cc1cc(N)cc2nc(-c3ccccc3F)oc12. The quantitative estimate of drug-likeness (QED) is 0.664. The van der Waals surface area contributed by atoms with Crippen LogP contribution in [0.25, 0.3) is 22.6 Å². The summed E-state index contributed by atoms with van der Waals surface area (Å²) >= 11 is 0. The van der Waals surface area contributed by atoms with Crippen LogP contribution in [0.15, 0.2) is 40.8 Å². The molecular weight excluding hydrogens is 231 g/mol. The molecule has 0 amide bonds. The van der Waals surface area contributed by atoms with Gasteiger partial charge in [0.05, 0.1) is 5.56 Å². The van der Waals surface area contributed by atoms with E-state index in [1.54, 1.807) is 30.3 Å². The Morgan fingerprint density at radius 2 is 2.00 bits per heavy atom. The molecule has 0 saturated carbocycles. The Morgan fingerprint density at radius 1 is 1.22 bits per heavy atom. The maximum absolute atomic E-state index is 13.7. The fourth-order valence-corrected chi connectivity index (χ4v) is 1.98. The summed E-state index contributed by atoms with van der Waals surface area (Å²) in [6.07, 6.45) is 0. The molecule has 4 heteroatoms. The summed E-state index contributed by atoms with van der Waals surface area (Å²) in [6.45, 7) is 1.88. The van der Waals surface area contributed by atoms with E-state index in [0.29, 0.717) is 22.4 Å². The average molecular weight is 242 g/mol. The maximum Gasteiger partial charge on any atom is 0.230 e. The van der Waals surface area contributed by atoms with Crippen LogP contribution in [-0.4, -0.2) is 4.98 Å². The van der Waals surface area contributed by atoms with Crippen LogP contribution in [0.5, 0.6) is 0 Å². The van der Waals surface area contributed by atoms with E-state index in [1.807, 2.05) is 6.92 Å². The molecule has 2 aromatic carbocycles. The van der Waals surface area contributed by atoms with Crippen molar-refractivity contribution in [2.75, 3.05) is 5.73 Å². The second kappa shape index (κ2) is 3.84. The van der Waals surface area contributed by atoms with Gasteiger partial charge in [0.1, 0.15) is 11.3 Å². The van der Waals surface area contributed by atoms with Crippen molar-refractivity contribution in [2.24, 2.45) is 0 Å². The molecule has 3 rings (SSSR count). The molecule has 2 N–H and O–H groups in total. The number of anilines is 1. The molecule has 1 aromatic heterocycles. The third-order valence-corrected chi connectivity index (χ3v) is 2.80. The smallest absolute Gasteiger partial charge is 0.230 e. The van der Waals surface area contributed by atoms with Gasteiger partial charge < -0.3 is 10.2 Å². The lowest BCUT2D eigenvalue weighted by atomic mass is 10.2. The van der Waals surface area contributed by atoms with Crippen LogP contribution < -0.4 is 5.73 Å². The minimum Gasteiger partial charge on any atom is -0.436 e. The molecule has 1 heterocycles. The van der Waals surface area contributed by atoms with E-state index in [1.165, 1.54) is 6.07 Å². The van der Waals surface area contributed by atoms with Gasteiger partial charge in [-0.05, 0) is 36.8 Å². The van der Waals surface area contributed by atoms with Crippen molar-refractivity contribution in [1.82, 2.24) is 4.98 Å². The van der Waals surface area contributed by atoms with Gasteiger partial charge in [0.15, 0.2) is 5.58 Å². The Bertz CT molecular complexity index is 734. The minimum absolute atomic E-state index is 0.275. The van der Waals surface area contributed by atoms with Gasteiger partial charge in [-0.3, -0.25) is 0 Å². The Hall–Kier alpha value is -2.36. The summed E-state index contributed by atoms with van der Waals surface area (Å²) in [4.78, 5) is 4.28. The number of aryl methyl sites for hydroxylation is 1. The number of nitrogens with two attached hydrogens (primary N) is 1. The molecule has 0 bridgehead atoms. The van der Waals surface area contributed by atoms with Crippen molar-refractivity contribution >= 4 is 16.8 Å². The lowest BCUT2D eigenvalue weighted by Crippen LogP contribution is -1.85. The first-order valence-corrected chi connectivity index (χ1v) is 5.57. The Labute approximate surface area is 103 Å². The van der Waals surface area contributed by atoms with Crippen LogP contribution in [0.1, 0.15) is 5.56 Å². The molecule has 0 radical (unpaired) electrons. The Kier molecular flexibility index (Phi) is 2.30. The van der Waals surface area contributed by atoms with Gasteiger partial charge in [0.2, 0.25) is 5.89 Å². The highest BCUT2D eigenvalue weighted by Crippen LogP contribution is 2.29. The van der Waals surface area contributed by atoms with Gasteiger partial charge in [-0.1, -0.05) is 12.1 Å². The molecule has 3 nitrogen and oxygen atoms in total. The number of hydrogen-bond donors (Lipinski definition) is 1. The first-order chi connectivity index (χ1) is 8.65. The highest BCUT2D eigenvalue weighted by Gasteiger charge is 2.13. The predicted molar refractivity (Wildman–Crippen MR) is 68.6 cm³/mol. The molecule has 0 atom stereocenters. The van der Waals surface area contributed by atoms with Gasteiger partial charge in [-0.2, -0.15) is 0 Å². The zero-order chi connectivity index (χ0) is 12.7. The summed E-state index contributed by atoms with van der Waals surface area (Å²) in [6, 6.07) is 9.91. The van der Waals surface area contributed by atoms with Crippen LogP contribution in [0.3, 0.4) is 0 Å². The van der Waals surface area contributed by atoms with Crippen molar-refractivity contribution in [2.45, 2.75) is 6.92 Å². The van der Waals surface area contributed by atoms with Crippen molar-refractivity contribution in [1.29, 1.82) is 0 Å². The molecule has 0 aliphatic carbocycles. The monoisotopic (exact) mass is 242 g/mol. The van der Waals surface area contributed by atoms with E-state index in [0.717, 1.165) is 5.56 Å². The van der Waals surface area contributed by atoms with Gasteiger partial charge in [-0.25, -0.2) is 9.37 Å². The van der Waals surface area contributed by atoms with E-state index in [9.17, 15) is 4.39 Å². The fourth-order valence-electron chi connectivity index (χ4n) is 1.98. The normalized spacial score (nSPS) is 11.0. The molecule has 0 saturated heterocycles. The van der Waals surface area contributed by atoms with Crippen LogP contribution in [0.2, 0.25) is 0 Å². The third kappa shape index (κ3) is 1.62. The molecule has 0 unspecified atom stereocenters. The number of hydrogen-bond acceptors (Lipinski definition) is 3.